The fraction of sp³-hybridized carbons (Fsp3) is 0.900. The summed E-state index contributed by atoms with van der Waals surface area (Å²) in [4.78, 5) is 4.73. The zero-order valence-corrected chi connectivity index (χ0v) is 8.95. The maximum Gasteiger partial charge on any atom is 0.0622 e. The number of rotatable bonds is 4. The van der Waals surface area contributed by atoms with Crippen molar-refractivity contribution >= 4 is 0 Å². The molecular weight excluding hydrogens is 176 g/mol. The molecule has 1 atom stereocenters. The second-order valence-corrected chi connectivity index (χ2v) is 3.95. The molecule has 0 saturated carbocycles. The van der Waals surface area contributed by atoms with E-state index in [2.05, 4.69) is 22.9 Å². The lowest BCUT2D eigenvalue weighted by atomic mass is 10.1. The Balaban J connectivity index is 2.31. The average Bonchev–Trinajstić information content (AvgIpc) is 2.20. The van der Waals surface area contributed by atoms with Crippen LogP contribution in [0.2, 0.25) is 0 Å². The van der Waals surface area contributed by atoms with Gasteiger partial charge in [0, 0.05) is 38.6 Å². The maximum atomic E-state index is 8.46. The SMILES string of the molecule is CN1CCN(CCCC#N)C(CN)C1. The summed E-state index contributed by atoms with van der Waals surface area (Å²) < 4.78 is 0. The summed E-state index contributed by atoms with van der Waals surface area (Å²) in [6.07, 6.45) is 1.63. The van der Waals surface area contributed by atoms with Gasteiger partial charge >= 0.3 is 0 Å². The van der Waals surface area contributed by atoms with Gasteiger partial charge in [-0.1, -0.05) is 0 Å². The highest BCUT2D eigenvalue weighted by atomic mass is 15.3. The molecule has 1 saturated heterocycles. The first-order chi connectivity index (χ1) is 6.77. The van der Waals surface area contributed by atoms with E-state index in [0.717, 1.165) is 39.1 Å². The van der Waals surface area contributed by atoms with Gasteiger partial charge in [0.2, 0.25) is 0 Å². The van der Waals surface area contributed by atoms with Crippen molar-refractivity contribution in [2.24, 2.45) is 5.73 Å². The van der Waals surface area contributed by atoms with Crippen LogP contribution in [0.4, 0.5) is 0 Å². The van der Waals surface area contributed by atoms with Crippen LogP contribution in [0.5, 0.6) is 0 Å². The van der Waals surface area contributed by atoms with Gasteiger partial charge in [-0.15, -0.1) is 0 Å². The summed E-state index contributed by atoms with van der Waals surface area (Å²) in [5.41, 5.74) is 5.73. The van der Waals surface area contributed by atoms with Crippen LogP contribution in [0.1, 0.15) is 12.8 Å². The third-order valence-electron chi connectivity index (χ3n) is 2.81. The van der Waals surface area contributed by atoms with Crippen molar-refractivity contribution in [3.63, 3.8) is 0 Å². The Morgan fingerprint density at radius 1 is 1.50 bits per heavy atom. The van der Waals surface area contributed by atoms with E-state index < -0.39 is 0 Å². The van der Waals surface area contributed by atoms with Crippen LogP contribution >= 0.6 is 0 Å². The minimum Gasteiger partial charge on any atom is -0.329 e. The van der Waals surface area contributed by atoms with Crippen molar-refractivity contribution in [3.05, 3.63) is 0 Å². The molecule has 0 spiro atoms. The molecule has 0 aromatic heterocycles. The van der Waals surface area contributed by atoms with Crippen LogP contribution in [0.25, 0.3) is 0 Å². The Morgan fingerprint density at radius 2 is 2.29 bits per heavy atom. The molecule has 2 N–H and O–H groups in total. The lowest BCUT2D eigenvalue weighted by Gasteiger charge is -2.39. The Labute approximate surface area is 86.3 Å². The van der Waals surface area contributed by atoms with Gasteiger partial charge in [0.05, 0.1) is 6.07 Å². The summed E-state index contributed by atoms with van der Waals surface area (Å²) in [5.74, 6) is 0. The molecule has 0 aromatic carbocycles. The number of hydrogen-bond donors (Lipinski definition) is 1. The van der Waals surface area contributed by atoms with Gasteiger partial charge < -0.3 is 10.6 Å². The van der Waals surface area contributed by atoms with Gasteiger partial charge in [-0.25, -0.2) is 0 Å². The summed E-state index contributed by atoms with van der Waals surface area (Å²) in [6.45, 7) is 5.00. The Morgan fingerprint density at radius 3 is 2.93 bits per heavy atom. The van der Waals surface area contributed by atoms with E-state index in [1.807, 2.05) is 0 Å². The Kier molecular flexibility index (Phi) is 4.88. The molecule has 0 bridgehead atoms. The zero-order valence-electron chi connectivity index (χ0n) is 8.95. The topological polar surface area (TPSA) is 56.3 Å². The first kappa shape index (κ1) is 11.4. The quantitative estimate of drug-likeness (QED) is 0.636. The van der Waals surface area contributed by atoms with Crippen LogP contribution in [0.15, 0.2) is 0 Å². The number of likely N-dealkylation sites (N-methyl/N-ethyl adjacent to an activating group) is 1. The highest BCUT2D eigenvalue weighted by Gasteiger charge is 2.22. The maximum absolute atomic E-state index is 8.46. The smallest absolute Gasteiger partial charge is 0.0622 e. The van der Waals surface area contributed by atoms with Crippen LogP contribution in [-0.4, -0.2) is 55.6 Å². The molecule has 1 heterocycles. The molecule has 1 aliphatic heterocycles. The van der Waals surface area contributed by atoms with Crippen LogP contribution in [-0.2, 0) is 0 Å². The average molecular weight is 196 g/mol. The number of unbranched alkanes of at least 4 members (excludes halogenated alkanes) is 1. The standard InChI is InChI=1S/C10H20N4/c1-13-6-7-14(5-3-2-4-11)10(8-12)9-13/h10H,2-3,5-9,12H2,1H3. The van der Waals surface area contributed by atoms with E-state index in [1.54, 1.807) is 0 Å². The summed E-state index contributed by atoms with van der Waals surface area (Å²) >= 11 is 0. The predicted octanol–water partition coefficient (Wildman–Crippen LogP) is -0.135. The van der Waals surface area contributed by atoms with Crippen molar-refractivity contribution in [1.82, 2.24) is 9.80 Å². The van der Waals surface area contributed by atoms with Crippen molar-refractivity contribution < 1.29 is 0 Å². The van der Waals surface area contributed by atoms with Gasteiger partial charge in [0.25, 0.3) is 0 Å². The summed E-state index contributed by atoms with van der Waals surface area (Å²) in [6, 6.07) is 2.66. The third kappa shape index (κ3) is 3.26. The Bertz CT molecular complexity index is 199. The third-order valence-corrected chi connectivity index (χ3v) is 2.81. The largest absolute Gasteiger partial charge is 0.329 e. The van der Waals surface area contributed by atoms with Gasteiger partial charge in [-0.3, -0.25) is 4.90 Å². The molecule has 1 fully saturated rings. The first-order valence-corrected chi connectivity index (χ1v) is 5.27. The highest BCUT2D eigenvalue weighted by Crippen LogP contribution is 2.08. The van der Waals surface area contributed by atoms with Crippen molar-refractivity contribution in [1.29, 1.82) is 5.26 Å². The molecule has 4 nitrogen and oxygen atoms in total. The van der Waals surface area contributed by atoms with E-state index in [1.165, 1.54) is 0 Å². The fourth-order valence-corrected chi connectivity index (χ4v) is 1.93. The zero-order chi connectivity index (χ0) is 10.4. The number of nitriles is 1. The molecule has 0 aromatic rings. The first-order valence-electron chi connectivity index (χ1n) is 5.27. The Hall–Kier alpha value is -0.630. The van der Waals surface area contributed by atoms with Crippen molar-refractivity contribution in [3.8, 4) is 6.07 Å². The predicted molar refractivity (Wildman–Crippen MR) is 56.8 cm³/mol. The van der Waals surface area contributed by atoms with Crippen molar-refractivity contribution in [2.75, 3.05) is 39.8 Å². The van der Waals surface area contributed by atoms with E-state index >= 15 is 0 Å². The van der Waals surface area contributed by atoms with E-state index in [0.29, 0.717) is 12.5 Å². The van der Waals surface area contributed by atoms with Gasteiger partial charge in [0.1, 0.15) is 0 Å². The summed E-state index contributed by atoms with van der Waals surface area (Å²) in [5, 5.41) is 8.46. The van der Waals surface area contributed by atoms with Crippen LogP contribution in [0, 0.1) is 11.3 Å². The molecule has 0 amide bonds. The number of hydrogen-bond acceptors (Lipinski definition) is 4. The molecule has 80 valence electrons. The molecule has 14 heavy (non-hydrogen) atoms. The normalized spacial score (nSPS) is 24.8. The van der Waals surface area contributed by atoms with Crippen molar-refractivity contribution in [2.45, 2.75) is 18.9 Å². The fourth-order valence-electron chi connectivity index (χ4n) is 1.93. The van der Waals surface area contributed by atoms with Crippen LogP contribution < -0.4 is 5.73 Å². The van der Waals surface area contributed by atoms with E-state index in [4.69, 9.17) is 11.0 Å². The molecule has 1 rings (SSSR count). The minimum atomic E-state index is 0.479. The van der Waals surface area contributed by atoms with Gasteiger partial charge in [0.15, 0.2) is 0 Å². The second kappa shape index (κ2) is 5.97. The second-order valence-electron chi connectivity index (χ2n) is 3.95. The van der Waals surface area contributed by atoms with Crippen LogP contribution in [0.3, 0.4) is 0 Å². The van der Waals surface area contributed by atoms with E-state index in [9.17, 15) is 0 Å². The lowest BCUT2D eigenvalue weighted by molar-refractivity contribution is 0.0937. The van der Waals surface area contributed by atoms with E-state index in [-0.39, 0.29) is 0 Å². The molecule has 0 aliphatic carbocycles. The molecule has 0 radical (unpaired) electrons. The molecule has 1 unspecified atom stereocenters. The summed E-state index contributed by atoms with van der Waals surface area (Å²) in [7, 11) is 2.13. The molecule has 1 aliphatic rings. The van der Waals surface area contributed by atoms with Gasteiger partial charge in [-0.05, 0) is 20.0 Å². The number of piperazine rings is 1. The monoisotopic (exact) mass is 196 g/mol. The lowest BCUT2D eigenvalue weighted by Crippen LogP contribution is -2.54. The van der Waals surface area contributed by atoms with Gasteiger partial charge in [-0.2, -0.15) is 5.26 Å². The highest BCUT2D eigenvalue weighted by molar-refractivity contribution is 4.82. The minimum absolute atomic E-state index is 0.479. The molecular formula is C10H20N4. The number of nitrogens with zero attached hydrogens (tertiary/aromatic N) is 3. The number of nitrogens with two attached hydrogens (primary N) is 1. The molecule has 4 heteroatoms.